The highest BCUT2D eigenvalue weighted by molar-refractivity contribution is 14.1. The summed E-state index contributed by atoms with van der Waals surface area (Å²) in [7, 11) is 0. The standard InChI is InChI=1S/C19H19IN2O4/c1-19(2,3)22(18(25)15-5-4-10-26-15)14-11-16(23)21(17(14)24)13-8-6-12(20)7-9-13/h4-10,14H,11H2,1-3H3. The van der Waals surface area contributed by atoms with Crippen molar-refractivity contribution in [1.82, 2.24) is 4.90 Å². The molecule has 0 N–H and O–H groups in total. The molecule has 1 fully saturated rings. The monoisotopic (exact) mass is 466 g/mol. The lowest BCUT2D eigenvalue weighted by molar-refractivity contribution is -0.123. The van der Waals surface area contributed by atoms with Crippen LogP contribution >= 0.6 is 22.6 Å². The molecule has 1 unspecified atom stereocenters. The second kappa shape index (κ2) is 6.86. The zero-order chi connectivity index (χ0) is 19.1. The summed E-state index contributed by atoms with van der Waals surface area (Å²) >= 11 is 2.16. The average molecular weight is 466 g/mol. The van der Waals surface area contributed by atoms with E-state index in [0.29, 0.717) is 5.69 Å². The highest BCUT2D eigenvalue weighted by Gasteiger charge is 2.48. The molecule has 1 atom stereocenters. The fourth-order valence-electron chi connectivity index (χ4n) is 3.11. The Bertz CT molecular complexity index is 837. The van der Waals surface area contributed by atoms with Crippen LogP contribution in [0.3, 0.4) is 0 Å². The molecule has 3 amide bonds. The van der Waals surface area contributed by atoms with Gasteiger partial charge in [0.15, 0.2) is 5.76 Å². The zero-order valence-corrected chi connectivity index (χ0v) is 16.9. The van der Waals surface area contributed by atoms with Crippen molar-refractivity contribution in [2.24, 2.45) is 0 Å². The van der Waals surface area contributed by atoms with Crippen molar-refractivity contribution < 1.29 is 18.8 Å². The molecule has 2 aromatic rings. The molecule has 1 saturated heterocycles. The predicted octanol–water partition coefficient (Wildman–Crippen LogP) is 3.46. The lowest BCUT2D eigenvalue weighted by Gasteiger charge is -2.38. The lowest BCUT2D eigenvalue weighted by atomic mass is 10.0. The van der Waals surface area contributed by atoms with Crippen LogP contribution in [0.5, 0.6) is 0 Å². The van der Waals surface area contributed by atoms with Crippen LogP contribution in [-0.2, 0) is 9.59 Å². The van der Waals surface area contributed by atoms with Gasteiger partial charge >= 0.3 is 0 Å². The fourth-order valence-corrected chi connectivity index (χ4v) is 3.47. The molecule has 2 heterocycles. The van der Waals surface area contributed by atoms with Gasteiger partial charge in [-0.25, -0.2) is 4.90 Å². The first-order valence-corrected chi connectivity index (χ1v) is 9.27. The van der Waals surface area contributed by atoms with Crippen molar-refractivity contribution in [2.45, 2.75) is 38.8 Å². The van der Waals surface area contributed by atoms with Crippen LogP contribution in [-0.4, -0.2) is 34.2 Å². The number of hydrogen-bond acceptors (Lipinski definition) is 4. The van der Waals surface area contributed by atoms with Gasteiger partial charge < -0.3 is 9.32 Å². The molecule has 1 aromatic heterocycles. The first-order valence-electron chi connectivity index (χ1n) is 8.19. The van der Waals surface area contributed by atoms with E-state index in [1.54, 1.807) is 24.3 Å². The van der Waals surface area contributed by atoms with Crippen LogP contribution in [0.4, 0.5) is 5.69 Å². The molecule has 1 aliphatic heterocycles. The van der Waals surface area contributed by atoms with Gasteiger partial charge in [0, 0.05) is 9.11 Å². The highest BCUT2D eigenvalue weighted by Crippen LogP contribution is 2.31. The van der Waals surface area contributed by atoms with E-state index in [-0.39, 0.29) is 18.1 Å². The molecule has 1 aromatic carbocycles. The number of imide groups is 1. The van der Waals surface area contributed by atoms with Crippen LogP contribution < -0.4 is 4.90 Å². The van der Waals surface area contributed by atoms with Crippen molar-refractivity contribution in [3.63, 3.8) is 0 Å². The predicted molar refractivity (Wildman–Crippen MR) is 105 cm³/mol. The Labute approximate surface area is 165 Å². The third-order valence-electron chi connectivity index (χ3n) is 4.19. The molecule has 0 radical (unpaired) electrons. The Balaban J connectivity index is 1.96. The van der Waals surface area contributed by atoms with E-state index in [2.05, 4.69) is 22.6 Å². The number of carbonyl (C=O) groups excluding carboxylic acids is 3. The van der Waals surface area contributed by atoms with Crippen LogP contribution in [0.15, 0.2) is 47.1 Å². The molecule has 0 aliphatic carbocycles. The highest BCUT2D eigenvalue weighted by atomic mass is 127. The number of rotatable bonds is 3. The summed E-state index contributed by atoms with van der Waals surface area (Å²) in [6.45, 7) is 5.50. The molecule has 136 valence electrons. The fraction of sp³-hybridized carbons (Fsp3) is 0.316. The second-order valence-electron chi connectivity index (χ2n) is 7.09. The quantitative estimate of drug-likeness (QED) is 0.514. The van der Waals surface area contributed by atoms with E-state index in [0.717, 1.165) is 8.47 Å². The third kappa shape index (κ3) is 3.40. The second-order valence-corrected chi connectivity index (χ2v) is 8.33. The van der Waals surface area contributed by atoms with E-state index >= 15 is 0 Å². The van der Waals surface area contributed by atoms with Gasteiger partial charge in [-0.3, -0.25) is 14.4 Å². The smallest absolute Gasteiger partial charge is 0.290 e. The largest absolute Gasteiger partial charge is 0.459 e. The normalized spacial score (nSPS) is 17.7. The van der Waals surface area contributed by atoms with Gasteiger partial charge in [-0.1, -0.05) is 0 Å². The number of amides is 3. The summed E-state index contributed by atoms with van der Waals surface area (Å²) in [4.78, 5) is 41.1. The van der Waals surface area contributed by atoms with Gasteiger partial charge in [0.25, 0.3) is 11.8 Å². The van der Waals surface area contributed by atoms with Crippen LogP contribution in [0.25, 0.3) is 0 Å². The van der Waals surface area contributed by atoms with Crippen LogP contribution in [0, 0.1) is 3.57 Å². The van der Waals surface area contributed by atoms with Crippen molar-refractivity contribution in [3.8, 4) is 0 Å². The SMILES string of the molecule is CC(C)(C)N(C(=O)c1ccco1)C1CC(=O)N(c2ccc(I)cc2)C1=O. The Morgan fingerprint density at radius 3 is 2.38 bits per heavy atom. The maximum atomic E-state index is 13.0. The molecule has 0 saturated carbocycles. The number of nitrogens with zero attached hydrogens (tertiary/aromatic N) is 2. The maximum absolute atomic E-state index is 13.0. The summed E-state index contributed by atoms with van der Waals surface area (Å²) in [6.07, 6.45) is 1.36. The number of anilines is 1. The first kappa shape index (κ1) is 18.6. The van der Waals surface area contributed by atoms with Crippen LogP contribution in [0.1, 0.15) is 37.7 Å². The summed E-state index contributed by atoms with van der Waals surface area (Å²) in [5, 5.41) is 0. The molecule has 0 spiro atoms. The third-order valence-corrected chi connectivity index (χ3v) is 4.91. The van der Waals surface area contributed by atoms with Gasteiger partial charge in [0.05, 0.1) is 18.4 Å². The minimum atomic E-state index is -0.862. The van der Waals surface area contributed by atoms with Crippen molar-refractivity contribution in [2.75, 3.05) is 4.90 Å². The Kier molecular flexibility index (Phi) is 4.92. The Morgan fingerprint density at radius 1 is 1.19 bits per heavy atom. The van der Waals surface area contributed by atoms with Gasteiger partial charge in [-0.2, -0.15) is 0 Å². The van der Waals surface area contributed by atoms with E-state index in [1.165, 1.54) is 11.2 Å². The summed E-state index contributed by atoms with van der Waals surface area (Å²) in [5.74, 6) is -0.972. The first-order chi connectivity index (χ1) is 12.2. The maximum Gasteiger partial charge on any atom is 0.290 e. The van der Waals surface area contributed by atoms with E-state index in [9.17, 15) is 14.4 Å². The minimum Gasteiger partial charge on any atom is -0.459 e. The van der Waals surface area contributed by atoms with Gasteiger partial charge in [0.1, 0.15) is 6.04 Å². The molecular weight excluding hydrogens is 447 g/mol. The zero-order valence-electron chi connectivity index (χ0n) is 14.7. The molecular formula is C19H19IN2O4. The van der Waals surface area contributed by atoms with E-state index in [4.69, 9.17) is 4.42 Å². The van der Waals surface area contributed by atoms with Crippen molar-refractivity contribution in [3.05, 3.63) is 52.0 Å². The number of carbonyl (C=O) groups is 3. The average Bonchev–Trinajstić information content (AvgIpc) is 3.17. The molecule has 3 rings (SSSR count). The topological polar surface area (TPSA) is 70.8 Å². The summed E-state index contributed by atoms with van der Waals surface area (Å²) in [6, 6.07) is 9.44. The van der Waals surface area contributed by atoms with Crippen molar-refractivity contribution >= 4 is 46.0 Å². The lowest BCUT2D eigenvalue weighted by Crippen LogP contribution is -2.54. The van der Waals surface area contributed by atoms with Crippen LogP contribution in [0.2, 0.25) is 0 Å². The number of benzene rings is 1. The molecule has 7 heteroatoms. The molecule has 26 heavy (non-hydrogen) atoms. The minimum absolute atomic E-state index is 0.0471. The number of furan rings is 1. The number of halogens is 1. The Morgan fingerprint density at radius 2 is 1.85 bits per heavy atom. The Hall–Kier alpha value is -2.16. The summed E-state index contributed by atoms with van der Waals surface area (Å²) in [5.41, 5.74) is -0.144. The summed E-state index contributed by atoms with van der Waals surface area (Å²) < 4.78 is 6.22. The molecule has 1 aliphatic rings. The van der Waals surface area contributed by atoms with Crippen molar-refractivity contribution in [1.29, 1.82) is 0 Å². The van der Waals surface area contributed by atoms with Gasteiger partial charge in [0.2, 0.25) is 5.91 Å². The van der Waals surface area contributed by atoms with E-state index < -0.39 is 23.4 Å². The van der Waals surface area contributed by atoms with E-state index in [1.807, 2.05) is 32.9 Å². The number of hydrogen-bond donors (Lipinski definition) is 0. The molecule has 6 nitrogen and oxygen atoms in total. The van der Waals surface area contributed by atoms with Gasteiger partial charge in [-0.05, 0) is 79.8 Å². The van der Waals surface area contributed by atoms with Gasteiger partial charge in [-0.15, -0.1) is 0 Å². The molecule has 0 bridgehead atoms.